The van der Waals surface area contributed by atoms with Gasteiger partial charge in [-0.2, -0.15) is 0 Å². The normalized spacial score (nSPS) is 17.8. The van der Waals surface area contributed by atoms with E-state index in [1.165, 1.54) is 64.2 Å². The van der Waals surface area contributed by atoms with Crippen LogP contribution in [0.5, 0.6) is 0 Å². The number of aliphatic hydroxyl groups is 2. The summed E-state index contributed by atoms with van der Waals surface area (Å²) in [6.07, 6.45) is 16.2. The number of phosphoric acid groups is 1. The Balaban J connectivity index is 4.01. The Morgan fingerprint density at radius 2 is 0.765 bits per heavy atom. The predicted octanol–water partition coefficient (Wildman–Crippen LogP) is 9.81. The molecular formula is C40H79O10P. The highest BCUT2D eigenvalue weighted by molar-refractivity contribution is 7.47. The first-order valence-electron chi connectivity index (χ1n) is 20.4. The van der Waals surface area contributed by atoms with Crippen molar-refractivity contribution in [3.05, 3.63) is 0 Å². The fourth-order valence-electron chi connectivity index (χ4n) is 5.99. The third kappa shape index (κ3) is 31.1. The van der Waals surface area contributed by atoms with E-state index in [-0.39, 0.29) is 26.1 Å². The van der Waals surface area contributed by atoms with Crippen molar-refractivity contribution in [1.29, 1.82) is 0 Å². The highest BCUT2D eigenvalue weighted by Crippen LogP contribution is 2.43. The summed E-state index contributed by atoms with van der Waals surface area (Å²) in [4.78, 5) is 34.2. The van der Waals surface area contributed by atoms with E-state index >= 15 is 0 Å². The molecule has 8 atom stereocenters. The number of phosphoric ester groups is 1. The van der Waals surface area contributed by atoms with Gasteiger partial charge in [-0.1, -0.05) is 145 Å². The molecule has 0 aliphatic heterocycles. The van der Waals surface area contributed by atoms with Gasteiger partial charge < -0.3 is 24.6 Å². The van der Waals surface area contributed by atoms with Crippen molar-refractivity contribution in [3.8, 4) is 0 Å². The Kier molecular flexibility index (Phi) is 29.7. The molecule has 3 N–H and O–H groups in total. The smallest absolute Gasteiger partial charge is 0.463 e. The fraction of sp³-hybridized carbons (Fsp3) is 0.950. The van der Waals surface area contributed by atoms with Crippen LogP contribution in [0.2, 0.25) is 0 Å². The molecule has 0 aromatic heterocycles. The van der Waals surface area contributed by atoms with Crippen LogP contribution < -0.4 is 0 Å². The van der Waals surface area contributed by atoms with Crippen LogP contribution in [0.4, 0.5) is 0 Å². The maximum Gasteiger partial charge on any atom is 0.472 e. The number of aliphatic hydroxyl groups excluding tert-OH is 2. The van der Waals surface area contributed by atoms with Crippen LogP contribution >= 0.6 is 7.82 Å². The van der Waals surface area contributed by atoms with Gasteiger partial charge in [-0.25, -0.2) is 4.57 Å². The van der Waals surface area contributed by atoms with Crippen LogP contribution in [0, 0.1) is 35.5 Å². The maximum absolute atomic E-state index is 12.2. The molecular weight excluding hydrogens is 671 g/mol. The second-order valence-electron chi connectivity index (χ2n) is 16.0. The lowest BCUT2D eigenvalue weighted by Crippen LogP contribution is -2.25. The quantitative estimate of drug-likeness (QED) is 0.0429. The standard InChI is InChI=1S/C40H79O10P/c1-9-31(3)15-11-17-33(5)19-13-21-35(7)23-25-39(43)47-27-37(41)29-49-51(45,46)50-30-38(42)28-48-40(44)26-24-36(8)22-14-20-34(6)18-12-16-32(4)10-2/h31-38,41-42H,9-30H2,1-8H3,(H,45,46). The number of carbonyl (C=O) groups is 2. The van der Waals surface area contributed by atoms with Crippen molar-refractivity contribution in [3.63, 3.8) is 0 Å². The maximum atomic E-state index is 12.2. The fourth-order valence-corrected chi connectivity index (χ4v) is 6.79. The molecule has 0 bridgehead atoms. The van der Waals surface area contributed by atoms with Gasteiger partial charge in [0.1, 0.15) is 25.4 Å². The summed E-state index contributed by atoms with van der Waals surface area (Å²) in [7, 11) is -4.61. The predicted molar refractivity (Wildman–Crippen MR) is 205 cm³/mol. The van der Waals surface area contributed by atoms with E-state index in [0.717, 1.165) is 49.4 Å². The second kappa shape index (κ2) is 30.3. The van der Waals surface area contributed by atoms with E-state index in [1.807, 2.05) is 0 Å². The molecule has 304 valence electrons. The van der Waals surface area contributed by atoms with Gasteiger partial charge >= 0.3 is 19.8 Å². The highest BCUT2D eigenvalue weighted by atomic mass is 31.2. The summed E-state index contributed by atoms with van der Waals surface area (Å²) in [5.41, 5.74) is 0. The average Bonchev–Trinajstić information content (AvgIpc) is 3.09. The van der Waals surface area contributed by atoms with Crippen molar-refractivity contribution in [2.45, 2.75) is 183 Å². The lowest BCUT2D eigenvalue weighted by molar-refractivity contribution is -0.148. The molecule has 0 spiro atoms. The number of rotatable bonds is 34. The summed E-state index contributed by atoms with van der Waals surface area (Å²) >= 11 is 0. The van der Waals surface area contributed by atoms with Crippen LogP contribution in [0.15, 0.2) is 0 Å². The summed E-state index contributed by atoms with van der Waals surface area (Å²) < 4.78 is 31.9. The Bertz CT molecular complexity index is 850. The first-order chi connectivity index (χ1) is 24.1. The zero-order valence-corrected chi connectivity index (χ0v) is 34.7. The largest absolute Gasteiger partial charge is 0.472 e. The van der Waals surface area contributed by atoms with Crippen LogP contribution in [0.1, 0.15) is 171 Å². The van der Waals surface area contributed by atoms with Gasteiger partial charge in [-0.05, 0) is 48.3 Å². The lowest BCUT2D eigenvalue weighted by atomic mass is 9.91. The first-order valence-corrected chi connectivity index (χ1v) is 21.8. The molecule has 0 aromatic rings. The molecule has 51 heavy (non-hydrogen) atoms. The number of hydrogen-bond donors (Lipinski definition) is 3. The van der Waals surface area contributed by atoms with E-state index in [1.54, 1.807) is 0 Å². The van der Waals surface area contributed by atoms with Gasteiger partial charge in [0.2, 0.25) is 0 Å². The number of ether oxygens (including phenoxy) is 2. The highest BCUT2D eigenvalue weighted by Gasteiger charge is 2.25. The third-order valence-electron chi connectivity index (χ3n) is 10.4. The number of hydrogen-bond acceptors (Lipinski definition) is 9. The number of carbonyl (C=O) groups excluding carboxylic acids is 2. The first kappa shape index (κ1) is 50.0. The molecule has 0 radical (unpaired) electrons. The zero-order valence-electron chi connectivity index (χ0n) is 33.8. The van der Waals surface area contributed by atoms with Crippen molar-refractivity contribution in [1.82, 2.24) is 0 Å². The molecule has 0 saturated carbocycles. The Hall–Kier alpha value is -1.03. The molecule has 8 unspecified atom stereocenters. The van der Waals surface area contributed by atoms with E-state index in [4.69, 9.17) is 18.5 Å². The SMILES string of the molecule is CCC(C)CCCC(C)CCCC(C)CCC(=O)OCC(O)COP(=O)(O)OCC(O)COC(=O)CCC(C)CCCC(C)CCCC(C)CC. The van der Waals surface area contributed by atoms with Gasteiger partial charge in [-0.15, -0.1) is 0 Å². The van der Waals surface area contributed by atoms with E-state index in [9.17, 15) is 29.3 Å². The summed E-state index contributed by atoms with van der Waals surface area (Å²) in [5, 5.41) is 20.1. The summed E-state index contributed by atoms with van der Waals surface area (Å²) in [5.74, 6) is 2.94. The third-order valence-corrected chi connectivity index (χ3v) is 11.3. The summed E-state index contributed by atoms with van der Waals surface area (Å²) in [6, 6.07) is 0. The molecule has 0 aromatic carbocycles. The monoisotopic (exact) mass is 751 g/mol. The molecule has 0 fully saturated rings. The van der Waals surface area contributed by atoms with E-state index < -0.39 is 45.2 Å². The zero-order chi connectivity index (χ0) is 38.7. The molecule has 0 heterocycles. The Morgan fingerprint density at radius 1 is 0.490 bits per heavy atom. The van der Waals surface area contributed by atoms with Gasteiger partial charge in [-0.3, -0.25) is 18.6 Å². The minimum atomic E-state index is -4.61. The van der Waals surface area contributed by atoms with Crippen LogP contribution in [-0.4, -0.2) is 65.7 Å². The van der Waals surface area contributed by atoms with Crippen molar-refractivity contribution in [2.24, 2.45) is 35.5 Å². The van der Waals surface area contributed by atoms with Crippen LogP contribution in [-0.2, 0) is 32.7 Å². The Labute approximate surface area is 312 Å². The van der Waals surface area contributed by atoms with Crippen LogP contribution in [0.25, 0.3) is 0 Å². The van der Waals surface area contributed by atoms with Crippen molar-refractivity contribution >= 4 is 19.8 Å². The molecule has 11 heteroatoms. The van der Waals surface area contributed by atoms with Crippen LogP contribution in [0.3, 0.4) is 0 Å². The van der Waals surface area contributed by atoms with Gasteiger partial charge in [0, 0.05) is 12.8 Å². The lowest BCUT2D eigenvalue weighted by Gasteiger charge is -2.18. The average molecular weight is 751 g/mol. The molecule has 10 nitrogen and oxygen atoms in total. The molecule has 0 aliphatic rings. The molecule has 0 aliphatic carbocycles. The second-order valence-corrected chi connectivity index (χ2v) is 17.4. The number of esters is 2. The molecule has 0 saturated heterocycles. The van der Waals surface area contributed by atoms with Gasteiger partial charge in [0.05, 0.1) is 13.2 Å². The van der Waals surface area contributed by atoms with Crippen molar-refractivity contribution in [2.75, 3.05) is 26.4 Å². The minimum absolute atomic E-state index is 0.237. The minimum Gasteiger partial charge on any atom is -0.463 e. The molecule has 0 amide bonds. The van der Waals surface area contributed by atoms with Crippen molar-refractivity contribution < 1.29 is 47.8 Å². The molecule has 0 rings (SSSR count). The van der Waals surface area contributed by atoms with E-state index in [2.05, 4.69) is 55.4 Å². The Morgan fingerprint density at radius 3 is 1.06 bits per heavy atom. The van der Waals surface area contributed by atoms with Gasteiger partial charge in [0.25, 0.3) is 0 Å². The topological polar surface area (TPSA) is 149 Å². The van der Waals surface area contributed by atoms with E-state index in [0.29, 0.717) is 24.7 Å². The van der Waals surface area contributed by atoms with Gasteiger partial charge in [0.15, 0.2) is 0 Å². The summed E-state index contributed by atoms with van der Waals surface area (Å²) in [6.45, 7) is 16.0.